The second-order valence-corrected chi connectivity index (χ2v) is 6.27. The number of benzene rings is 2. The van der Waals surface area contributed by atoms with Gasteiger partial charge in [-0.1, -0.05) is 42.5 Å². The van der Waals surface area contributed by atoms with E-state index in [9.17, 15) is 4.79 Å². The Hall–Kier alpha value is -3.14. The van der Waals surface area contributed by atoms with Gasteiger partial charge in [0.25, 0.3) is 5.91 Å². The van der Waals surface area contributed by atoms with Crippen LogP contribution >= 0.6 is 0 Å². The number of pyridine rings is 1. The number of carbonyl (C=O) groups is 1. The van der Waals surface area contributed by atoms with Crippen molar-refractivity contribution < 1.29 is 4.79 Å². The predicted octanol–water partition coefficient (Wildman–Crippen LogP) is 4.69. The minimum absolute atomic E-state index is 0.205. The van der Waals surface area contributed by atoms with Crippen molar-refractivity contribution >= 4 is 17.3 Å². The van der Waals surface area contributed by atoms with Crippen LogP contribution in [0.2, 0.25) is 0 Å². The van der Waals surface area contributed by atoms with Crippen LogP contribution in [0.5, 0.6) is 0 Å². The molecule has 0 saturated heterocycles. The van der Waals surface area contributed by atoms with Gasteiger partial charge in [0, 0.05) is 24.1 Å². The van der Waals surface area contributed by atoms with Crippen molar-refractivity contribution in [2.45, 2.75) is 19.8 Å². The highest BCUT2D eigenvalue weighted by atomic mass is 16.1. The van der Waals surface area contributed by atoms with Crippen molar-refractivity contribution in [2.24, 2.45) is 0 Å². The Morgan fingerprint density at radius 1 is 0.962 bits per heavy atom. The molecule has 26 heavy (non-hydrogen) atoms. The molecular formula is C22H23N3O. The molecule has 0 aliphatic heterocycles. The second kappa shape index (κ2) is 8.81. The lowest BCUT2D eigenvalue weighted by Crippen LogP contribution is -2.14. The molecule has 0 spiro atoms. The highest BCUT2D eigenvalue weighted by Gasteiger charge is 2.08. The van der Waals surface area contributed by atoms with E-state index in [1.54, 1.807) is 12.3 Å². The summed E-state index contributed by atoms with van der Waals surface area (Å²) >= 11 is 0. The van der Waals surface area contributed by atoms with Gasteiger partial charge in [-0.15, -0.1) is 0 Å². The van der Waals surface area contributed by atoms with Crippen LogP contribution in [0.25, 0.3) is 0 Å². The zero-order valence-corrected chi connectivity index (χ0v) is 14.9. The van der Waals surface area contributed by atoms with Crippen molar-refractivity contribution in [1.29, 1.82) is 0 Å². The zero-order chi connectivity index (χ0) is 18.2. The van der Waals surface area contributed by atoms with E-state index in [1.165, 1.54) is 5.56 Å². The Morgan fingerprint density at radius 3 is 2.62 bits per heavy atom. The molecule has 1 heterocycles. The lowest BCUT2D eigenvalue weighted by Gasteiger charge is -2.09. The van der Waals surface area contributed by atoms with Gasteiger partial charge in [-0.3, -0.25) is 9.78 Å². The maximum atomic E-state index is 12.4. The third kappa shape index (κ3) is 5.18. The molecule has 3 aromatic rings. The first-order valence-electron chi connectivity index (χ1n) is 8.82. The number of hydrogen-bond acceptors (Lipinski definition) is 3. The first-order chi connectivity index (χ1) is 12.7. The van der Waals surface area contributed by atoms with E-state index in [2.05, 4.69) is 39.9 Å². The summed E-state index contributed by atoms with van der Waals surface area (Å²) in [6, 6.07) is 21.8. The number of nitrogens with zero attached hydrogens (tertiary/aromatic N) is 1. The third-order valence-electron chi connectivity index (χ3n) is 4.08. The van der Waals surface area contributed by atoms with Crippen molar-refractivity contribution in [1.82, 2.24) is 4.98 Å². The molecule has 0 saturated carbocycles. The number of amides is 1. The van der Waals surface area contributed by atoms with Crippen LogP contribution in [-0.4, -0.2) is 17.4 Å². The standard InChI is InChI=1S/C22H23N3O/c1-17-7-5-11-20(15-17)25-22(26)21-16-19(12-14-24-21)23-13-6-10-18-8-3-2-4-9-18/h2-5,7-9,11-12,14-16H,6,10,13H2,1H3,(H,23,24)(H,25,26). The number of hydrogen-bond donors (Lipinski definition) is 2. The molecule has 0 fully saturated rings. The number of nitrogens with one attached hydrogen (secondary N) is 2. The van der Waals surface area contributed by atoms with E-state index in [0.29, 0.717) is 5.69 Å². The van der Waals surface area contributed by atoms with Gasteiger partial charge in [-0.25, -0.2) is 0 Å². The number of anilines is 2. The summed E-state index contributed by atoms with van der Waals surface area (Å²) < 4.78 is 0. The molecule has 0 unspecified atom stereocenters. The van der Waals surface area contributed by atoms with Gasteiger partial charge < -0.3 is 10.6 Å². The SMILES string of the molecule is Cc1cccc(NC(=O)c2cc(NCCCc3ccccc3)ccn2)c1. The summed E-state index contributed by atoms with van der Waals surface area (Å²) in [6.07, 6.45) is 3.71. The quantitative estimate of drug-likeness (QED) is 0.611. The second-order valence-electron chi connectivity index (χ2n) is 6.27. The van der Waals surface area contributed by atoms with E-state index in [-0.39, 0.29) is 5.91 Å². The van der Waals surface area contributed by atoms with Gasteiger partial charge >= 0.3 is 0 Å². The van der Waals surface area contributed by atoms with E-state index in [1.807, 2.05) is 43.3 Å². The normalized spacial score (nSPS) is 10.3. The molecule has 2 aromatic carbocycles. The fourth-order valence-electron chi connectivity index (χ4n) is 2.75. The Balaban J connectivity index is 1.53. The van der Waals surface area contributed by atoms with Crippen molar-refractivity contribution in [2.75, 3.05) is 17.2 Å². The Morgan fingerprint density at radius 2 is 1.81 bits per heavy atom. The van der Waals surface area contributed by atoms with E-state index in [4.69, 9.17) is 0 Å². The Kier molecular flexibility index (Phi) is 5.99. The van der Waals surface area contributed by atoms with Crippen LogP contribution in [0, 0.1) is 6.92 Å². The smallest absolute Gasteiger partial charge is 0.274 e. The van der Waals surface area contributed by atoms with Crippen LogP contribution in [-0.2, 0) is 6.42 Å². The average Bonchev–Trinajstić information content (AvgIpc) is 2.66. The van der Waals surface area contributed by atoms with Gasteiger partial charge in [-0.2, -0.15) is 0 Å². The molecule has 0 aliphatic carbocycles. The Labute approximate surface area is 154 Å². The van der Waals surface area contributed by atoms with Crippen molar-refractivity contribution in [3.63, 3.8) is 0 Å². The van der Waals surface area contributed by atoms with Gasteiger partial charge in [0.15, 0.2) is 0 Å². The summed E-state index contributed by atoms with van der Waals surface area (Å²) in [6.45, 7) is 2.84. The number of aromatic nitrogens is 1. The van der Waals surface area contributed by atoms with Crippen molar-refractivity contribution in [3.05, 3.63) is 89.7 Å². The van der Waals surface area contributed by atoms with Crippen LogP contribution in [0.4, 0.5) is 11.4 Å². The summed E-state index contributed by atoms with van der Waals surface area (Å²) in [5, 5.41) is 6.25. The zero-order valence-electron chi connectivity index (χ0n) is 14.9. The molecule has 2 N–H and O–H groups in total. The van der Waals surface area contributed by atoms with Crippen LogP contribution in [0.3, 0.4) is 0 Å². The molecule has 1 aromatic heterocycles. The maximum absolute atomic E-state index is 12.4. The first-order valence-corrected chi connectivity index (χ1v) is 8.82. The van der Waals surface area contributed by atoms with Crippen LogP contribution in [0.1, 0.15) is 28.0 Å². The van der Waals surface area contributed by atoms with Gasteiger partial charge in [0.2, 0.25) is 0 Å². The summed E-state index contributed by atoms with van der Waals surface area (Å²) in [7, 11) is 0. The van der Waals surface area contributed by atoms with E-state index in [0.717, 1.165) is 36.3 Å². The van der Waals surface area contributed by atoms with Gasteiger partial charge in [0.1, 0.15) is 5.69 Å². The average molecular weight is 345 g/mol. The van der Waals surface area contributed by atoms with E-state index < -0.39 is 0 Å². The van der Waals surface area contributed by atoms with Crippen LogP contribution < -0.4 is 10.6 Å². The van der Waals surface area contributed by atoms with Gasteiger partial charge in [-0.05, 0) is 55.2 Å². The Bertz CT molecular complexity index is 862. The molecule has 132 valence electrons. The number of aryl methyl sites for hydroxylation is 2. The summed E-state index contributed by atoms with van der Waals surface area (Å²) in [5.41, 5.74) is 4.52. The molecule has 3 rings (SSSR count). The fourth-order valence-corrected chi connectivity index (χ4v) is 2.75. The lowest BCUT2D eigenvalue weighted by molar-refractivity contribution is 0.102. The topological polar surface area (TPSA) is 54.0 Å². The highest BCUT2D eigenvalue weighted by Crippen LogP contribution is 2.13. The third-order valence-corrected chi connectivity index (χ3v) is 4.08. The number of carbonyl (C=O) groups excluding carboxylic acids is 1. The molecule has 0 atom stereocenters. The molecular weight excluding hydrogens is 322 g/mol. The first kappa shape index (κ1) is 17.7. The molecule has 4 nitrogen and oxygen atoms in total. The fraction of sp³-hybridized carbons (Fsp3) is 0.182. The minimum Gasteiger partial charge on any atom is -0.385 e. The highest BCUT2D eigenvalue weighted by molar-refractivity contribution is 6.03. The van der Waals surface area contributed by atoms with E-state index >= 15 is 0 Å². The van der Waals surface area contributed by atoms with Crippen LogP contribution in [0.15, 0.2) is 72.9 Å². The lowest BCUT2D eigenvalue weighted by atomic mass is 10.1. The summed E-state index contributed by atoms with van der Waals surface area (Å²) in [5.74, 6) is -0.205. The monoisotopic (exact) mass is 345 g/mol. The predicted molar refractivity (Wildman–Crippen MR) is 107 cm³/mol. The molecule has 4 heteroatoms. The number of rotatable bonds is 7. The molecule has 1 amide bonds. The minimum atomic E-state index is -0.205. The molecule has 0 bridgehead atoms. The summed E-state index contributed by atoms with van der Waals surface area (Å²) in [4.78, 5) is 16.6. The molecule has 0 aliphatic rings. The largest absolute Gasteiger partial charge is 0.385 e. The maximum Gasteiger partial charge on any atom is 0.274 e. The van der Waals surface area contributed by atoms with Crippen molar-refractivity contribution in [3.8, 4) is 0 Å². The molecule has 0 radical (unpaired) electrons. The van der Waals surface area contributed by atoms with Gasteiger partial charge in [0.05, 0.1) is 0 Å².